The zero-order valence-corrected chi connectivity index (χ0v) is 10.6. The molecule has 2 N–H and O–H groups in total. The lowest BCUT2D eigenvalue weighted by molar-refractivity contribution is 0.550. The Labute approximate surface area is 100 Å². The van der Waals surface area contributed by atoms with Gasteiger partial charge >= 0.3 is 0 Å². The smallest absolute Gasteiger partial charge is 0.159 e. The highest BCUT2D eigenvalue weighted by Crippen LogP contribution is 2.23. The number of anilines is 1. The van der Waals surface area contributed by atoms with Gasteiger partial charge in [0.1, 0.15) is 17.1 Å². The summed E-state index contributed by atoms with van der Waals surface area (Å²) in [6.07, 6.45) is 0. The van der Waals surface area contributed by atoms with Crippen LogP contribution in [0.1, 0.15) is 19.6 Å². The third-order valence-corrected chi connectivity index (χ3v) is 4.78. The third-order valence-electron chi connectivity index (χ3n) is 2.65. The van der Waals surface area contributed by atoms with E-state index in [1.165, 1.54) is 0 Å². The summed E-state index contributed by atoms with van der Waals surface area (Å²) >= 11 is 0. The minimum atomic E-state index is -3.13. The Morgan fingerprint density at radius 3 is 2.65 bits per heavy atom. The fourth-order valence-electron chi connectivity index (χ4n) is 1.55. The summed E-state index contributed by atoms with van der Waals surface area (Å²) in [6, 6.07) is 6.97. The molecule has 5 heteroatoms. The summed E-state index contributed by atoms with van der Waals surface area (Å²) < 4.78 is 29.0. The lowest BCUT2D eigenvalue weighted by atomic mass is 10.2. The van der Waals surface area contributed by atoms with Gasteiger partial charge in [-0.25, -0.2) is 8.42 Å². The lowest BCUT2D eigenvalue weighted by Gasteiger charge is -2.04. The number of furan rings is 1. The van der Waals surface area contributed by atoms with Crippen LogP contribution in [0, 0.1) is 0 Å². The van der Waals surface area contributed by atoms with Crippen molar-refractivity contribution < 1.29 is 12.8 Å². The summed E-state index contributed by atoms with van der Waals surface area (Å²) in [4.78, 5) is 0. The standard InChI is InChI=1S/C12H15NO3S/c1-8(2)17(14,15)7-11-6-9-5-10(13)3-4-12(9)16-11/h3-6,8H,7,13H2,1-2H3. The summed E-state index contributed by atoms with van der Waals surface area (Å²) in [5.74, 6) is 0.387. The van der Waals surface area contributed by atoms with Gasteiger partial charge in [-0.2, -0.15) is 0 Å². The number of benzene rings is 1. The van der Waals surface area contributed by atoms with Crippen LogP contribution in [0.25, 0.3) is 11.0 Å². The van der Waals surface area contributed by atoms with Gasteiger partial charge in [0, 0.05) is 11.1 Å². The highest BCUT2D eigenvalue weighted by Gasteiger charge is 2.19. The molecule has 0 atom stereocenters. The molecule has 0 amide bonds. The minimum Gasteiger partial charge on any atom is -0.460 e. The SMILES string of the molecule is CC(C)S(=O)(=O)Cc1cc2cc(N)ccc2o1. The van der Waals surface area contributed by atoms with Crippen molar-refractivity contribution in [1.29, 1.82) is 0 Å². The molecule has 0 aliphatic heterocycles. The van der Waals surface area contributed by atoms with Gasteiger partial charge in [-0.05, 0) is 38.1 Å². The average molecular weight is 253 g/mol. The summed E-state index contributed by atoms with van der Waals surface area (Å²) in [5, 5.41) is 0.430. The van der Waals surface area contributed by atoms with E-state index in [1.54, 1.807) is 38.1 Å². The Bertz CT molecular complexity index is 641. The van der Waals surface area contributed by atoms with Crippen molar-refractivity contribution in [2.45, 2.75) is 24.9 Å². The fourth-order valence-corrected chi connectivity index (χ4v) is 2.43. The Hall–Kier alpha value is -1.49. The van der Waals surface area contributed by atoms with Crippen molar-refractivity contribution in [3.63, 3.8) is 0 Å². The number of nitrogen functional groups attached to an aromatic ring is 1. The molecular formula is C12H15NO3S. The van der Waals surface area contributed by atoms with Crippen molar-refractivity contribution in [1.82, 2.24) is 0 Å². The molecule has 0 saturated carbocycles. The highest BCUT2D eigenvalue weighted by molar-refractivity contribution is 7.91. The zero-order chi connectivity index (χ0) is 12.6. The van der Waals surface area contributed by atoms with Gasteiger partial charge in [-0.1, -0.05) is 0 Å². The highest BCUT2D eigenvalue weighted by atomic mass is 32.2. The lowest BCUT2D eigenvalue weighted by Crippen LogP contribution is -2.15. The van der Waals surface area contributed by atoms with E-state index in [2.05, 4.69) is 0 Å². The molecule has 1 aromatic heterocycles. The second-order valence-electron chi connectivity index (χ2n) is 4.37. The van der Waals surface area contributed by atoms with Crippen LogP contribution in [0.3, 0.4) is 0 Å². The number of hydrogen-bond donors (Lipinski definition) is 1. The van der Waals surface area contributed by atoms with E-state index in [-0.39, 0.29) is 5.75 Å². The van der Waals surface area contributed by atoms with Crippen LogP contribution in [0.4, 0.5) is 5.69 Å². The quantitative estimate of drug-likeness (QED) is 0.852. The predicted octanol–water partition coefficient (Wildman–Crippen LogP) is 2.34. The molecule has 0 radical (unpaired) electrons. The zero-order valence-electron chi connectivity index (χ0n) is 9.80. The largest absolute Gasteiger partial charge is 0.460 e. The van der Waals surface area contributed by atoms with Crippen LogP contribution in [-0.2, 0) is 15.6 Å². The van der Waals surface area contributed by atoms with Gasteiger partial charge in [-0.3, -0.25) is 0 Å². The van der Waals surface area contributed by atoms with Crippen LogP contribution < -0.4 is 5.73 Å². The van der Waals surface area contributed by atoms with Crippen LogP contribution in [0.2, 0.25) is 0 Å². The van der Waals surface area contributed by atoms with E-state index in [9.17, 15) is 8.42 Å². The molecular weight excluding hydrogens is 238 g/mol. The minimum absolute atomic E-state index is 0.0702. The molecule has 0 unspecified atom stereocenters. The Morgan fingerprint density at radius 1 is 1.29 bits per heavy atom. The molecule has 1 aromatic carbocycles. The molecule has 92 valence electrons. The normalized spacial score (nSPS) is 12.4. The first-order valence-corrected chi connectivity index (χ1v) is 7.09. The van der Waals surface area contributed by atoms with Gasteiger partial charge in [0.05, 0.1) is 5.25 Å². The number of sulfone groups is 1. The molecule has 4 nitrogen and oxygen atoms in total. The first kappa shape index (κ1) is 12.0. The first-order chi connectivity index (χ1) is 7.88. The van der Waals surface area contributed by atoms with E-state index >= 15 is 0 Å². The molecule has 1 heterocycles. The van der Waals surface area contributed by atoms with Crippen LogP contribution in [0.5, 0.6) is 0 Å². The summed E-state index contributed by atoms with van der Waals surface area (Å²) in [6.45, 7) is 3.33. The van der Waals surface area contributed by atoms with Crippen molar-refractivity contribution in [2.75, 3.05) is 5.73 Å². The molecule has 0 aliphatic rings. The van der Waals surface area contributed by atoms with Crippen LogP contribution in [-0.4, -0.2) is 13.7 Å². The van der Waals surface area contributed by atoms with E-state index in [0.29, 0.717) is 17.0 Å². The number of hydrogen-bond acceptors (Lipinski definition) is 4. The van der Waals surface area contributed by atoms with Crippen molar-refractivity contribution in [3.8, 4) is 0 Å². The number of rotatable bonds is 3. The van der Waals surface area contributed by atoms with Gasteiger partial charge in [0.2, 0.25) is 0 Å². The monoisotopic (exact) mass is 253 g/mol. The van der Waals surface area contributed by atoms with E-state index in [1.807, 2.05) is 0 Å². The molecule has 0 aliphatic carbocycles. The maximum Gasteiger partial charge on any atom is 0.159 e. The van der Waals surface area contributed by atoms with Gasteiger partial charge in [0.15, 0.2) is 9.84 Å². The summed E-state index contributed by atoms with van der Waals surface area (Å²) in [7, 11) is -3.13. The number of fused-ring (bicyclic) bond motifs is 1. The van der Waals surface area contributed by atoms with Crippen molar-refractivity contribution in [2.24, 2.45) is 0 Å². The van der Waals surface area contributed by atoms with Gasteiger partial charge < -0.3 is 10.2 Å². The second-order valence-corrected chi connectivity index (χ2v) is 6.92. The van der Waals surface area contributed by atoms with Gasteiger partial charge in [0.25, 0.3) is 0 Å². The molecule has 2 rings (SSSR count). The second kappa shape index (κ2) is 4.07. The molecule has 0 bridgehead atoms. The van der Waals surface area contributed by atoms with E-state index < -0.39 is 15.1 Å². The molecule has 2 aromatic rings. The van der Waals surface area contributed by atoms with Gasteiger partial charge in [-0.15, -0.1) is 0 Å². The Morgan fingerprint density at radius 2 is 2.00 bits per heavy atom. The fraction of sp³-hybridized carbons (Fsp3) is 0.333. The average Bonchev–Trinajstić information content (AvgIpc) is 2.57. The molecule has 0 fully saturated rings. The molecule has 17 heavy (non-hydrogen) atoms. The van der Waals surface area contributed by atoms with E-state index in [0.717, 1.165) is 5.39 Å². The van der Waals surface area contributed by atoms with Crippen LogP contribution in [0.15, 0.2) is 28.7 Å². The Kier molecular flexibility index (Phi) is 2.87. The summed E-state index contributed by atoms with van der Waals surface area (Å²) in [5.41, 5.74) is 6.94. The number of nitrogens with two attached hydrogens (primary N) is 1. The third kappa shape index (κ3) is 2.44. The predicted molar refractivity (Wildman–Crippen MR) is 68.4 cm³/mol. The molecule has 0 saturated heterocycles. The van der Waals surface area contributed by atoms with Crippen molar-refractivity contribution in [3.05, 3.63) is 30.0 Å². The topological polar surface area (TPSA) is 73.3 Å². The van der Waals surface area contributed by atoms with Crippen molar-refractivity contribution >= 4 is 26.5 Å². The first-order valence-electron chi connectivity index (χ1n) is 5.38. The van der Waals surface area contributed by atoms with Crippen LogP contribution >= 0.6 is 0 Å². The Balaban J connectivity index is 2.38. The molecule has 0 spiro atoms. The maximum atomic E-state index is 11.8. The maximum absolute atomic E-state index is 11.8. The van der Waals surface area contributed by atoms with E-state index in [4.69, 9.17) is 10.2 Å².